The SMILES string of the molecule is O=C(NCCOc1cccc(F)c1)N(S)c1ccccc1. The fourth-order valence-corrected chi connectivity index (χ4v) is 1.85. The normalized spacial score (nSPS) is 10.0. The number of rotatable bonds is 5. The molecule has 0 heterocycles. The van der Waals surface area contributed by atoms with Crippen molar-refractivity contribution in [2.45, 2.75) is 0 Å². The third-order valence-corrected chi connectivity index (χ3v) is 3.05. The number of urea groups is 1. The average Bonchev–Trinajstić information content (AvgIpc) is 2.51. The van der Waals surface area contributed by atoms with Crippen molar-refractivity contribution in [2.24, 2.45) is 0 Å². The van der Waals surface area contributed by atoms with Gasteiger partial charge >= 0.3 is 6.03 Å². The van der Waals surface area contributed by atoms with Crippen LogP contribution in [0.3, 0.4) is 0 Å². The molecule has 0 spiro atoms. The Morgan fingerprint density at radius 1 is 1.19 bits per heavy atom. The number of para-hydroxylation sites is 1. The zero-order chi connectivity index (χ0) is 15.1. The van der Waals surface area contributed by atoms with Gasteiger partial charge in [-0.2, -0.15) is 0 Å². The van der Waals surface area contributed by atoms with Crippen LogP contribution in [0.5, 0.6) is 5.75 Å². The fraction of sp³-hybridized carbons (Fsp3) is 0.133. The van der Waals surface area contributed by atoms with Crippen LogP contribution in [-0.2, 0) is 0 Å². The first-order valence-electron chi connectivity index (χ1n) is 6.37. The van der Waals surface area contributed by atoms with E-state index in [-0.39, 0.29) is 18.5 Å². The number of carbonyl (C=O) groups excluding carboxylic acids is 1. The van der Waals surface area contributed by atoms with E-state index in [1.807, 2.05) is 18.2 Å². The van der Waals surface area contributed by atoms with Crippen LogP contribution < -0.4 is 14.4 Å². The van der Waals surface area contributed by atoms with E-state index in [2.05, 4.69) is 18.1 Å². The highest BCUT2D eigenvalue weighted by atomic mass is 32.1. The highest BCUT2D eigenvalue weighted by molar-refractivity contribution is 7.82. The van der Waals surface area contributed by atoms with Crippen molar-refractivity contribution in [3.8, 4) is 5.75 Å². The third-order valence-electron chi connectivity index (χ3n) is 2.64. The number of carbonyl (C=O) groups is 1. The molecule has 0 fully saturated rings. The Kier molecular flexibility index (Phi) is 5.45. The molecule has 0 radical (unpaired) electrons. The molecule has 6 heteroatoms. The molecule has 0 aliphatic carbocycles. The van der Waals surface area contributed by atoms with Crippen molar-refractivity contribution in [1.29, 1.82) is 0 Å². The molecule has 4 nitrogen and oxygen atoms in total. The molecule has 2 amide bonds. The molecule has 0 aromatic heterocycles. The number of nitrogens with one attached hydrogen (secondary N) is 1. The Labute approximate surface area is 128 Å². The predicted molar refractivity (Wildman–Crippen MR) is 83.2 cm³/mol. The van der Waals surface area contributed by atoms with Crippen molar-refractivity contribution in [1.82, 2.24) is 5.32 Å². The van der Waals surface area contributed by atoms with Gasteiger partial charge in [-0.3, -0.25) is 0 Å². The van der Waals surface area contributed by atoms with Gasteiger partial charge in [-0.1, -0.05) is 37.1 Å². The summed E-state index contributed by atoms with van der Waals surface area (Å²) in [6.45, 7) is 0.533. The fourth-order valence-electron chi connectivity index (χ4n) is 1.64. The van der Waals surface area contributed by atoms with E-state index >= 15 is 0 Å². The van der Waals surface area contributed by atoms with Gasteiger partial charge in [0.25, 0.3) is 0 Å². The summed E-state index contributed by atoms with van der Waals surface area (Å²) in [6, 6.07) is 14.5. The van der Waals surface area contributed by atoms with Crippen LogP contribution in [0, 0.1) is 5.82 Å². The summed E-state index contributed by atoms with van der Waals surface area (Å²) >= 11 is 4.13. The number of hydrogen-bond acceptors (Lipinski definition) is 3. The monoisotopic (exact) mass is 306 g/mol. The van der Waals surface area contributed by atoms with Gasteiger partial charge in [-0.25, -0.2) is 13.5 Å². The Hall–Kier alpha value is -2.21. The largest absolute Gasteiger partial charge is 0.492 e. The summed E-state index contributed by atoms with van der Waals surface area (Å²) in [5.41, 5.74) is 0.671. The van der Waals surface area contributed by atoms with E-state index in [1.54, 1.807) is 24.3 Å². The first-order valence-corrected chi connectivity index (χ1v) is 6.77. The molecule has 0 aliphatic heterocycles. The maximum Gasteiger partial charge on any atom is 0.332 e. The van der Waals surface area contributed by atoms with Gasteiger partial charge in [0.2, 0.25) is 0 Å². The minimum absolute atomic E-state index is 0.242. The average molecular weight is 306 g/mol. The molecule has 110 valence electrons. The van der Waals surface area contributed by atoms with Gasteiger partial charge < -0.3 is 10.1 Å². The lowest BCUT2D eigenvalue weighted by Crippen LogP contribution is -2.36. The van der Waals surface area contributed by atoms with Crippen molar-refractivity contribution in [3.63, 3.8) is 0 Å². The predicted octanol–water partition coefficient (Wildman–Crippen LogP) is 3.27. The molecule has 21 heavy (non-hydrogen) atoms. The van der Waals surface area contributed by atoms with Gasteiger partial charge in [0.15, 0.2) is 0 Å². The molecule has 2 aromatic carbocycles. The van der Waals surface area contributed by atoms with E-state index in [0.717, 1.165) is 0 Å². The third kappa shape index (κ3) is 4.68. The molecule has 2 aromatic rings. The molecule has 0 saturated heterocycles. The summed E-state index contributed by atoms with van der Waals surface area (Å²) in [5, 5.41) is 2.66. The molecule has 0 atom stereocenters. The lowest BCUT2D eigenvalue weighted by molar-refractivity contribution is 0.245. The summed E-state index contributed by atoms with van der Waals surface area (Å²) in [6.07, 6.45) is 0. The van der Waals surface area contributed by atoms with Crippen LogP contribution in [0.4, 0.5) is 14.9 Å². The van der Waals surface area contributed by atoms with Crippen LogP contribution in [0.25, 0.3) is 0 Å². The van der Waals surface area contributed by atoms with Crippen LogP contribution in [-0.4, -0.2) is 19.2 Å². The molecule has 1 N–H and O–H groups in total. The Morgan fingerprint density at radius 2 is 1.95 bits per heavy atom. The number of hydrogen-bond donors (Lipinski definition) is 2. The number of anilines is 1. The van der Waals surface area contributed by atoms with Gasteiger partial charge in [0, 0.05) is 6.07 Å². The van der Waals surface area contributed by atoms with Crippen LogP contribution in [0.2, 0.25) is 0 Å². The highest BCUT2D eigenvalue weighted by Crippen LogP contribution is 2.15. The highest BCUT2D eigenvalue weighted by Gasteiger charge is 2.10. The van der Waals surface area contributed by atoms with Gasteiger partial charge in [0.1, 0.15) is 18.2 Å². The molecule has 0 saturated carbocycles. The van der Waals surface area contributed by atoms with E-state index in [4.69, 9.17) is 4.74 Å². The summed E-state index contributed by atoms with van der Waals surface area (Å²) in [5.74, 6) is 0.0668. The summed E-state index contributed by atoms with van der Waals surface area (Å²) in [7, 11) is 0. The van der Waals surface area contributed by atoms with Gasteiger partial charge in [0.05, 0.1) is 12.2 Å². The molecule has 0 bridgehead atoms. The Balaban J connectivity index is 1.74. The number of benzene rings is 2. The number of nitrogens with zero attached hydrogens (tertiary/aromatic N) is 1. The number of ether oxygens (including phenoxy) is 1. The van der Waals surface area contributed by atoms with Crippen LogP contribution in [0.1, 0.15) is 0 Å². The molecule has 2 rings (SSSR count). The number of thiol groups is 1. The number of amides is 2. The van der Waals surface area contributed by atoms with E-state index < -0.39 is 0 Å². The minimum Gasteiger partial charge on any atom is -0.492 e. The number of halogens is 1. The smallest absolute Gasteiger partial charge is 0.332 e. The summed E-state index contributed by atoms with van der Waals surface area (Å²) in [4.78, 5) is 11.8. The lowest BCUT2D eigenvalue weighted by Gasteiger charge is -2.16. The van der Waals surface area contributed by atoms with Gasteiger partial charge in [-0.15, -0.1) is 0 Å². The van der Waals surface area contributed by atoms with Crippen LogP contribution >= 0.6 is 12.8 Å². The summed E-state index contributed by atoms with van der Waals surface area (Å²) < 4.78 is 19.5. The van der Waals surface area contributed by atoms with Crippen molar-refractivity contribution < 1.29 is 13.9 Å². The van der Waals surface area contributed by atoms with Crippen molar-refractivity contribution >= 4 is 24.5 Å². The van der Waals surface area contributed by atoms with E-state index in [1.165, 1.54) is 16.4 Å². The minimum atomic E-state index is -0.359. The molecular formula is C15H15FN2O2S. The second-order valence-corrected chi connectivity index (χ2v) is 4.59. The second-order valence-electron chi connectivity index (χ2n) is 4.19. The standard InChI is InChI=1S/C15H15FN2O2S/c16-12-5-4-8-14(11-12)20-10-9-17-15(19)18(21)13-6-2-1-3-7-13/h1-8,11,21H,9-10H2,(H,17,19). The van der Waals surface area contributed by atoms with Crippen molar-refractivity contribution in [3.05, 3.63) is 60.4 Å². The van der Waals surface area contributed by atoms with Crippen LogP contribution in [0.15, 0.2) is 54.6 Å². The zero-order valence-corrected chi connectivity index (χ0v) is 12.1. The molecule has 0 aliphatic rings. The zero-order valence-electron chi connectivity index (χ0n) is 11.2. The van der Waals surface area contributed by atoms with E-state index in [0.29, 0.717) is 18.0 Å². The van der Waals surface area contributed by atoms with E-state index in [9.17, 15) is 9.18 Å². The Bertz CT molecular complexity index is 595. The first kappa shape index (κ1) is 15.2. The topological polar surface area (TPSA) is 41.6 Å². The van der Waals surface area contributed by atoms with Crippen molar-refractivity contribution in [2.75, 3.05) is 17.5 Å². The maximum absolute atomic E-state index is 12.9. The Morgan fingerprint density at radius 3 is 2.67 bits per heavy atom. The second kappa shape index (κ2) is 7.54. The molecule has 0 unspecified atom stereocenters. The maximum atomic E-state index is 12.9. The first-order chi connectivity index (χ1) is 10.2. The lowest BCUT2D eigenvalue weighted by atomic mass is 10.3. The quantitative estimate of drug-likeness (QED) is 0.657. The van der Waals surface area contributed by atoms with Gasteiger partial charge in [-0.05, 0) is 24.3 Å². The molecular weight excluding hydrogens is 291 g/mol.